The maximum absolute atomic E-state index is 12.9. The minimum atomic E-state index is -1.76. The summed E-state index contributed by atoms with van der Waals surface area (Å²) < 4.78 is 33.3. The summed E-state index contributed by atoms with van der Waals surface area (Å²) in [5.74, 6) is -0.950. The van der Waals surface area contributed by atoms with E-state index in [0.29, 0.717) is 12.8 Å². The first-order valence-corrected chi connectivity index (χ1v) is 21.4. The van der Waals surface area contributed by atoms with Gasteiger partial charge in [-0.1, -0.05) is 109 Å². The van der Waals surface area contributed by atoms with Crippen LogP contribution >= 0.6 is 0 Å². The Hall–Kier alpha value is -2.02. The molecule has 0 aromatic carbocycles. The maximum atomic E-state index is 12.9. The standard InChI is InChI=1S/C42H74O15/c1-3-5-7-9-11-12-13-14-15-16-17-19-21-23-25-34(45)55-30(27-52-33(44)24-22-20-18-10-8-6-4-2)28-53-41-40(51)38(49)36(47)32(57-41)29-54-42-39(50)37(48)35(46)31(26-43)56-42/h9,11,13-14,30-32,35-43,46-51H,3-8,10,12,15-29H2,1-2H3/b11-9-,14-13-. The molecule has 2 saturated heterocycles. The van der Waals surface area contributed by atoms with E-state index in [1.54, 1.807) is 0 Å². The summed E-state index contributed by atoms with van der Waals surface area (Å²) in [5.41, 5.74) is 0. The lowest BCUT2D eigenvalue weighted by molar-refractivity contribution is -0.332. The van der Waals surface area contributed by atoms with Crippen LogP contribution < -0.4 is 0 Å². The van der Waals surface area contributed by atoms with Crippen LogP contribution in [0.2, 0.25) is 0 Å². The van der Waals surface area contributed by atoms with Gasteiger partial charge in [0, 0.05) is 12.8 Å². The first kappa shape index (κ1) is 51.1. The normalized spacial score (nSPS) is 28.6. The number of carbonyl (C=O) groups is 2. The maximum Gasteiger partial charge on any atom is 0.306 e. The van der Waals surface area contributed by atoms with Crippen molar-refractivity contribution in [1.82, 2.24) is 0 Å². The van der Waals surface area contributed by atoms with E-state index >= 15 is 0 Å². The number of aliphatic hydroxyl groups excluding tert-OH is 7. The molecule has 0 aromatic heterocycles. The minimum Gasteiger partial charge on any atom is -0.462 e. The van der Waals surface area contributed by atoms with E-state index in [1.807, 2.05) is 0 Å². The third-order valence-electron chi connectivity index (χ3n) is 10.2. The average molecular weight is 819 g/mol. The van der Waals surface area contributed by atoms with Crippen LogP contribution in [0.3, 0.4) is 0 Å². The molecule has 0 aromatic rings. The number of rotatable bonds is 31. The molecule has 2 heterocycles. The molecule has 2 aliphatic heterocycles. The largest absolute Gasteiger partial charge is 0.462 e. The van der Waals surface area contributed by atoms with Crippen LogP contribution in [0.5, 0.6) is 0 Å². The number of unbranched alkanes of at least 4 members (excludes halogenated alkanes) is 13. The SMILES string of the molecule is CCCC/C=C\C/C=C\CCCCCCCC(=O)OC(COC(=O)CCCCCCCCC)COC1OC(COC2OC(CO)C(O)C(O)C2O)C(O)C(O)C1O. The molecule has 0 radical (unpaired) electrons. The number of hydrogen-bond donors (Lipinski definition) is 7. The Balaban J connectivity index is 1.87. The highest BCUT2D eigenvalue weighted by molar-refractivity contribution is 5.70. The predicted octanol–water partition coefficient (Wildman–Crippen LogP) is 3.65. The third-order valence-corrected chi connectivity index (χ3v) is 10.2. The van der Waals surface area contributed by atoms with Crippen LogP contribution in [0.4, 0.5) is 0 Å². The quantitative estimate of drug-likeness (QED) is 0.0301. The summed E-state index contributed by atoms with van der Waals surface area (Å²) in [5, 5.41) is 71.6. The highest BCUT2D eigenvalue weighted by atomic mass is 16.7. The van der Waals surface area contributed by atoms with Crippen LogP contribution in [-0.2, 0) is 38.0 Å². The first-order valence-electron chi connectivity index (χ1n) is 21.4. The van der Waals surface area contributed by atoms with Crippen molar-refractivity contribution in [2.45, 2.75) is 203 Å². The molecular formula is C42H74O15. The second kappa shape index (κ2) is 30.9. The Morgan fingerprint density at radius 2 is 1.07 bits per heavy atom. The molecule has 15 heteroatoms. The summed E-state index contributed by atoms with van der Waals surface area (Å²) in [7, 11) is 0. The molecule has 11 atom stereocenters. The summed E-state index contributed by atoms with van der Waals surface area (Å²) in [6, 6.07) is 0. The Kier molecular flexibility index (Phi) is 27.7. The Morgan fingerprint density at radius 3 is 1.68 bits per heavy atom. The number of ether oxygens (including phenoxy) is 6. The van der Waals surface area contributed by atoms with Gasteiger partial charge in [0.2, 0.25) is 0 Å². The Bertz CT molecular complexity index is 1100. The van der Waals surface area contributed by atoms with E-state index in [0.717, 1.165) is 70.6 Å². The smallest absolute Gasteiger partial charge is 0.306 e. The van der Waals surface area contributed by atoms with E-state index in [4.69, 9.17) is 28.4 Å². The van der Waals surface area contributed by atoms with Gasteiger partial charge in [-0.2, -0.15) is 0 Å². The van der Waals surface area contributed by atoms with Crippen molar-refractivity contribution in [2.24, 2.45) is 0 Å². The molecule has 0 amide bonds. The van der Waals surface area contributed by atoms with E-state index in [1.165, 1.54) is 25.7 Å². The van der Waals surface area contributed by atoms with Gasteiger partial charge in [-0.3, -0.25) is 9.59 Å². The van der Waals surface area contributed by atoms with Crippen molar-refractivity contribution in [3.05, 3.63) is 24.3 Å². The van der Waals surface area contributed by atoms with Crippen molar-refractivity contribution < 1.29 is 73.8 Å². The fraction of sp³-hybridized carbons (Fsp3) is 0.857. The summed E-state index contributed by atoms with van der Waals surface area (Å²) >= 11 is 0. The first-order chi connectivity index (χ1) is 27.5. The van der Waals surface area contributed by atoms with E-state index in [2.05, 4.69) is 38.2 Å². The highest BCUT2D eigenvalue weighted by Gasteiger charge is 2.47. The fourth-order valence-electron chi connectivity index (χ4n) is 6.52. The van der Waals surface area contributed by atoms with Gasteiger partial charge in [0.15, 0.2) is 18.7 Å². The van der Waals surface area contributed by atoms with Crippen molar-refractivity contribution >= 4 is 11.9 Å². The van der Waals surface area contributed by atoms with Crippen LogP contribution in [0.25, 0.3) is 0 Å². The number of carbonyl (C=O) groups excluding carboxylic acids is 2. The topological polar surface area (TPSA) is 231 Å². The van der Waals surface area contributed by atoms with Crippen molar-refractivity contribution in [1.29, 1.82) is 0 Å². The lowest BCUT2D eigenvalue weighted by Gasteiger charge is -2.42. The Morgan fingerprint density at radius 1 is 0.561 bits per heavy atom. The van der Waals surface area contributed by atoms with E-state index < -0.39 is 92.7 Å². The van der Waals surface area contributed by atoms with Crippen LogP contribution in [0, 0.1) is 0 Å². The zero-order chi connectivity index (χ0) is 41.8. The summed E-state index contributed by atoms with van der Waals surface area (Å²) in [6.07, 6.45) is 9.68. The molecule has 332 valence electrons. The van der Waals surface area contributed by atoms with Crippen LogP contribution in [0.1, 0.15) is 136 Å². The van der Waals surface area contributed by atoms with Crippen molar-refractivity contribution in [3.63, 3.8) is 0 Å². The summed E-state index contributed by atoms with van der Waals surface area (Å²) in [4.78, 5) is 25.4. The van der Waals surface area contributed by atoms with Gasteiger partial charge in [-0.05, 0) is 38.5 Å². The molecule has 7 N–H and O–H groups in total. The third kappa shape index (κ3) is 20.7. The summed E-state index contributed by atoms with van der Waals surface area (Å²) in [6.45, 7) is 2.45. The lowest BCUT2D eigenvalue weighted by atomic mass is 9.98. The van der Waals surface area contributed by atoms with Gasteiger partial charge in [0.05, 0.1) is 19.8 Å². The minimum absolute atomic E-state index is 0.150. The highest BCUT2D eigenvalue weighted by Crippen LogP contribution is 2.26. The van der Waals surface area contributed by atoms with Crippen molar-refractivity contribution in [3.8, 4) is 0 Å². The van der Waals surface area contributed by atoms with Gasteiger partial charge < -0.3 is 64.2 Å². The molecule has 0 bridgehead atoms. The number of hydrogen-bond acceptors (Lipinski definition) is 15. The molecule has 57 heavy (non-hydrogen) atoms. The number of esters is 2. The second-order valence-corrected chi connectivity index (χ2v) is 15.2. The molecule has 11 unspecified atom stereocenters. The molecular weight excluding hydrogens is 744 g/mol. The van der Waals surface area contributed by atoms with Gasteiger partial charge in [0.25, 0.3) is 0 Å². The molecule has 2 rings (SSSR count). The van der Waals surface area contributed by atoms with Gasteiger partial charge in [-0.25, -0.2) is 0 Å². The predicted molar refractivity (Wildman–Crippen MR) is 211 cm³/mol. The zero-order valence-electron chi connectivity index (χ0n) is 34.3. The van der Waals surface area contributed by atoms with Gasteiger partial charge in [-0.15, -0.1) is 0 Å². The molecule has 0 saturated carbocycles. The Labute approximate surface area is 339 Å². The fourth-order valence-corrected chi connectivity index (χ4v) is 6.52. The zero-order valence-corrected chi connectivity index (χ0v) is 34.3. The molecule has 2 aliphatic rings. The van der Waals surface area contributed by atoms with Crippen LogP contribution in [0.15, 0.2) is 24.3 Å². The molecule has 0 aliphatic carbocycles. The van der Waals surface area contributed by atoms with Gasteiger partial charge in [0.1, 0.15) is 55.4 Å². The monoisotopic (exact) mass is 819 g/mol. The number of aliphatic hydroxyl groups is 7. The molecule has 2 fully saturated rings. The number of allylic oxidation sites excluding steroid dienone is 4. The molecule has 15 nitrogen and oxygen atoms in total. The molecule has 0 spiro atoms. The van der Waals surface area contributed by atoms with Crippen LogP contribution in [-0.4, -0.2) is 142 Å². The average Bonchev–Trinajstić information content (AvgIpc) is 3.20. The van der Waals surface area contributed by atoms with E-state index in [9.17, 15) is 45.3 Å². The van der Waals surface area contributed by atoms with Gasteiger partial charge >= 0.3 is 11.9 Å². The van der Waals surface area contributed by atoms with E-state index in [-0.39, 0.29) is 26.1 Å². The second-order valence-electron chi connectivity index (χ2n) is 15.2. The van der Waals surface area contributed by atoms with Crippen molar-refractivity contribution in [2.75, 3.05) is 26.4 Å². The lowest BCUT2D eigenvalue weighted by Crippen LogP contribution is -2.61.